The minimum Gasteiger partial charge on any atom is -0.271 e. The Bertz CT molecular complexity index is 482. The van der Waals surface area contributed by atoms with Crippen LogP contribution in [0.4, 0.5) is 0 Å². The lowest BCUT2D eigenvalue weighted by atomic mass is 9.97. The van der Waals surface area contributed by atoms with Crippen LogP contribution in [0.1, 0.15) is 16.7 Å². The van der Waals surface area contributed by atoms with E-state index in [-0.39, 0.29) is 6.04 Å². The van der Waals surface area contributed by atoms with E-state index in [4.69, 9.17) is 5.84 Å². The molecule has 0 bridgehead atoms. The van der Waals surface area contributed by atoms with Crippen molar-refractivity contribution in [3.05, 3.63) is 65.5 Å². The van der Waals surface area contributed by atoms with Gasteiger partial charge in [-0.05, 0) is 48.6 Å². The maximum absolute atomic E-state index is 5.65. The summed E-state index contributed by atoms with van der Waals surface area (Å²) in [6.45, 7) is 2.13. The molecular formula is C15H19N3. The molecule has 1 aromatic heterocycles. The lowest BCUT2D eigenvalue weighted by Gasteiger charge is -2.17. The molecule has 0 fully saturated rings. The average Bonchev–Trinajstić information content (AvgIpc) is 2.41. The van der Waals surface area contributed by atoms with E-state index >= 15 is 0 Å². The SMILES string of the molecule is Cc1ccccc1CC(Cc1ccncc1)NN. The molecule has 1 aromatic carbocycles. The first-order valence-corrected chi connectivity index (χ1v) is 6.19. The van der Waals surface area contributed by atoms with E-state index in [1.54, 1.807) is 0 Å². The minimum absolute atomic E-state index is 0.244. The Labute approximate surface area is 108 Å². The van der Waals surface area contributed by atoms with Crippen LogP contribution in [0, 0.1) is 6.92 Å². The lowest BCUT2D eigenvalue weighted by Crippen LogP contribution is -2.38. The summed E-state index contributed by atoms with van der Waals surface area (Å²) in [6.07, 6.45) is 5.48. The van der Waals surface area contributed by atoms with Gasteiger partial charge < -0.3 is 0 Å². The fourth-order valence-corrected chi connectivity index (χ4v) is 2.10. The third kappa shape index (κ3) is 3.39. The summed E-state index contributed by atoms with van der Waals surface area (Å²) < 4.78 is 0. The van der Waals surface area contributed by atoms with Crippen molar-refractivity contribution in [1.29, 1.82) is 0 Å². The molecule has 18 heavy (non-hydrogen) atoms. The Kier molecular flexibility index (Phi) is 4.45. The van der Waals surface area contributed by atoms with Crippen molar-refractivity contribution >= 4 is 0 Å². The van der Waals surface area contributed by atoms with Gasteiger partial charge in [0.25, 0.3) is 0 Å². The monoisotopic (exact) mass is 241 g/mol. The van der Waals surface area contributed by atoms with E-state index in [0.717, 1.165) is 12.8 Å². The number of hydrazine groups is 1. The van der Waals surface area contributed by atoms with Gasteiger partial charge in [0.1, 0.15) is 0 Å². The number of aryl methyl sites for hydroxylation is 1. The molecule has 0 saturated heterocycles. The summed E-state index contributed by atoms with van der Waals surface area (Å²) in [7, 11) is 0. The van der Waals surface area contributed by atoms with Crippen LogP contribution >= 0.6 is 0 Å². The third-order valence-corrected chi connectivity index (χ3v) is 3.19. The van der Waals surface area contributed by atoms with Gasteiger partial charge in [0, 0.05) is 18.4 Å². The van der Waals surface area contributed by atoms with Crippen LogP contribution in [-0.4, -0.2) is 11.0 Å². The van der Waals surface area contributed by atoms with E-state index < -0.39 is 0 Å². The zero-order chi connectivity index (χ0) is 12.8. The van der Waals surface area contributed by atoms with E-state index in [2.05, 4.69) is 41.6 Å². The van der Waals surface area contributed by atoms with Gasteiger partial charge in [-0.15, -0.1) is 0 Å². The Morgan fingerprint density at radius 3 is 2.50 bits per heavy atom. The topological polar surface area (TPSA) is 50.9 Å². The molecule has 0 saturated carbocycles. The van der Waals surface area contributed by atoms with Crippen molar-refractivity contribution in [1.82, 2.24) is 10.4 Å². The smallest absolute Gasteiger partial charge is 0.0291 e. The van der Waals surface area contributed by atoms with E-state index in [9.17, 15) is 0 Å². The summed E-state index contributed by atoms with van der Waals surface area (Å²) in [5.74, 6) is 5.65. The maximum atomic E-state index is 5.65. The predicted molar refractivity (Wildman–Crippen MR) is 73.9 cm³/mol. The highest BCUT2D eigenvalue weighted by atomic mass is 15.2. The van der Waals surface area contributed by atoms with Gasteiger partial charge in [0.15, 0.2) is 0 Å². The Balaban J connectivity index is 2.04. The maximum Gasteiger partial charge on any atom is 0.0291 e. The van der Waals surface area contributed by atoms with Crippen LogP contribution in [0.15, 0.2) is 48.8 Å². The predicted octanol–water partition coefficient (Wildman–Crippen LogP) is 2.01. The first-order valence-electron chi connectivity index (χ1n) is 6.19. The second-order valence-corrected chi connectivity index (χ2v) is 4.55. The highest BCUT2D eigenvalue weighted by molar-refractivity contribution is 5.27. The Hall–Kier alpha value is -1.71. The first kappa shape index (κ1) is 12.7. The summed E-state index contributed by atoms with van der Waals surface area (Å²) in [6, 6.07) is 12.7. The third-order valence-electron chi connectivity index (χ3n) is 3.19. The number of aromatic nitrogens is 1. The molecular weight excluding hydrogens is 222 g/mol. The zero-order valence-corrected chi connectivity index (χ0v) is 10.6. The number of hydrogen-bond donors (Lipinski definition) is 2. The molecule has 1 unspecified atom stereocenters. The quantitative estimate of drug-likeness (QED) is 0.622. The van der Waals surface area contributed by atoms with E-state index in [1.807, 2.05) is 24.5 Å². The van der Waals surface area contributed by atoms with Gasteiger partial charge in [0.05, 0.1) is 0 Å². The highest BCUT2D eigenvalue weighted by Gasteiger charge is 2.10. The summed E-state index contributed by atoms with van der Waals surface area (Å²) >= 11 is 0. The first-order chi connectivity index (χ1) is 8.79. The summed E-state index contributed by atoms with van der Waals surface area (Å²) in [4.78, 5) is 4.02. The number of nitrogens with two attached hydrogens (primary N) is 1. The second-order valence-electron chi connectivity index (χ2n) is 4.55. The van der Waals surface area contributed by atoms with Gasteiger partial charge in [0.2, 0.25) is 0 Å². The molecule has 2 aromatic rings. The molecule has 3 N–H and O–H groups in total. The normalized spacial score (nSPS) is 12.3. The van der Waals surface area contributed by atoms with Gasteiger partial charge in [-0.3, -0.25) is 16.3 Å². The second kappa shape index (κ2) is 6.28. The van der Waals surface area contributed by atoms with Gasteiger partial charge in [-0.2, -0.15) is 0 Å². The van der Waals surface area contributed by atoms with Crippen LogP contribution in [0.25, 0.3) is 0 Å². The number of rotatable bonds is 5. The molecule has 1 atom stereocenters. The highest BCUT2D eigenvalue weighted by Crippen LogP contribution is 2.12. The van der Waals surface area contributed by atoms with Crippen molar-refractivity contribution in [2.75, 3.05) is 0 Å². The minimum atomic E-state index is 0.244. The fraction of sp³-hybridized carbons (Fsp3) is 0.267. The fourth-order valence-electron chi connectivity index (χ4n) is 2.10. The Morgan fingerprint density at radius 1 is 1.11 bits per heavy atom. The van der Waals surface area contributed by atoms with Gasteiger partial charge in [-0.1, -0.05) is 24.3 Å². The molecule has 0 radical (unpaired) electrons. The zero-order valence-electron chi connectivity index (χ0n) is 10.6. The molecule has 0 aliphatic carbocycles. The molecule has 3 nitrogen and oxygen atoms in total. The number of nitrogens with zero attached hydrogens (tertiary/aromatic N) is 1. The standard InChI is InChI=1S/C15H19N3/c1-12-4-2-3-5-14(12)11-15(18-16)10-13-6-8-17-9-7-13/h2-9,15,18H,10-11,16H2,1H3. The molecule has 0 aliphatic heterocycles. The van der Waals surface area contributed by atoms with Crippen LogP contribution in [-0.2, 0) is 12.8 Å². The van der Waals surface area contributed by atoms with Crippen molar-refractivity contribution in [3.8, 4) is 0 Å². The lowest BCUT2D eigenvalue weighted by molar-refractivity contribution is 0.521. The average molecular weight is 241 g/mol. The molecule has 0 spiro atoms. The van der Waals surface area contributed by atoms with E-state index in [0.29, 0.717) is 0 Å². The number of benzene rings is 1. The van der Waals surface area contributed by atoms with Crippen molar-refractivity contribution in [2.45, 2.75) is 25.8 Å². The van der Waals surface area contributed by atoms with E-state index in [1.165, 1.54) is 16.7 Å². The van der Waals surface area contributed by atoms with Crippen molar-refractivity contribution in [2.24, 2.45) is 5.84 Å². The van der Waals surface area contributed by atoms with Gasteiger partial charge in [-0.25, -0.2) is 0 Å². The van der Waals surface area contributed by atoms with Crippen LogP contribution in [0.2, 0.25) is 0 Å². The largest absolute Gasteiger partial charge is 0.271 e. The van der Waals surface area contributed by atoms with Crippen molar-refractivity contribution in [3.63, 3.8) is 0 Å². The van der Waals surface area contributed by atoms with Crippen molar-refractivity contribution < 1.29 is 0 Å². The van der Waals surface area contributed by atoms with Crippen LogP contribution in [0.5, 0.6) is 0 Å². The molecule has 0 aliphatic rings. The van der Waals surface area contributed by atoms with Crippen LogP contribution in [0.3, 0.4) is 0 Å². The molecule has 3 heteroatoms. The Morgan fingerprint density at radius 2 is 1.83 bits per heavy atom. The summed E-state index contributed by atoms with van der Waals surface area (Å²) in [5.41, 5.74) is 6.81. The number of pyridine rings is 1. The number of hydrogen-bond acceptors (Lipinski definition) is 3. The molecule has 1 heterocycles. The molecule has 94 valence electrons. The van der Waals surface area contributed by atoms with Gasteiger partial charge >= 0.3 is 0 Å². The molecule has 0 amide bonds. The van der Waals surface area contributed by atoms with Crippen LogP contribution < -0.4 is 11.3 Å². The number of nitrogens with one attached hydrogen (secondary N) is 1. The molecule has 2 rings (SSSR count). The summed E-state index contributed by atoms with van der Waals surface area (Å²) in [5, 5.41) is 0.